The number of rotatable bonds is 3. The van der Waals surface area contributed by atoms with Gasteiger partial charge >= 0.3 is 0 Å². The molecular weight excluding hydrogens is 216 g/mol. The van der Waals surface area contributed by atoms with Crippen molar-refractivity contribution in [3.8, 4) is 0 Å². The maximum Gasteiger partial charge on any atom is 0.158 e. The quantitative estimate of drug-likeness (QED) is 0.741. The van der Waals surface area contributed by atoms with Crippen molar-refractivity contribution in [2.45, 2.75) is 38.5 Å². The summed E-state index contributed by atoms with van der Waals surface area (Å²) in [5, 5.41) is 0. The van der Waals surface area contributed by atoms with Crippen LogP contribution in [0.2, 0.25) is 0 Å². The van der Waals surface area contributed by atoms with E-state index in [1.165, 1.54) is 26.1 Å². The maximum atomic E-state index is 5.60. The molecule has 0 N–H and O–H groups in total. The van der Waals surface area contributed by atoms with Gasteiger partial charge in [0.1, 0.15) is 0 Å². The zero-order chi connectivity index (χ0) is 12.1. The molecule has 0 aliphatic carbocycles. The zero-order valence-electron chi connectivity index (χ0n) is 11.2. The lowest BCUT2D eigenvalue weighted by Gasteiger charge is -2.30. The van der Waals surface area contributed by atoms with Crippen molar-refractivity contribution >= 4 is 0 Å². The van der Waals surface area contributed by atoms with Crippen molar-refractivity contribution in [1.29, 1.82) is 0 Å². The molecule has 2 aliphatic heterocycles. The van der Waals surface area contributed by atoms with Crippen LogP contribution in [0.15, 0.2) is 0 Å². The zero-order valence-corrected chi connectivity index (χ0v) is 11.2. The highest BCUT2D eigenvalue weighted by molar-refractivity contribution is 4.75. The van der Waals surface area contributed by atoms with Crippen LogP contribution < -0.4 is 0 Å². The minimum atomic E-state index is 0.0388. The summed E-state index contributed by atoms with van der Waals surface area (Å²) in [6, 6.07) is 0.645. The third kappa shape index (κ3) is 4.21. The van der Waals surface area contributed by atoms with Crippen LogP contribution >= 0.6 is 0 Å². The van der Waals surface area contributed by atoms with Crippen molar-refractivity contribution in [2.75, 3.05) is 46.4 Å². The number of likely N-dealkylation sites (N-methyl/N-ethyl adjacent to an activating group) is 1. The molecule has 1 atom stereocenters. The van der Waals surface area contributed by atoms with Crippen LogP contribution in [-0.2, 0) is 9.47 Å². The highest BCUT2D eigenvalue weighted by Crippen LogP contribution is 2.13. The molecule has 4 heteroatoms. The van der Waals surface area contributed by atoms with Gasteiger partial charge in [-0.25, -0.2) is 0 Å². The van der Waals surface area contributed by atoms with Crippen LogP contribution in [-0.4, -0.2) is 68.6 Å². The standard InChI is InChI=1S/C13H26N2O2/c1-12-11-14(2)6-3-7-15(12)8-5-13-16-9-4-10-17-13/h12-13H,3-11H2,1-2H3. The summed E-state index contributed by atoms with van der Waals surface area (Å²) in [6.45, 7) is 8.75. The normalized spacial score (nSPS) is 30.4. The molecule has 0 aromatic carbocycles. The van der Waals surface area contributed by atoms with Gasteiger partial charge in [-0.05, 0) is 39.9 Å². The fourth-order valence-electron chi connectivity index (χ4n) is 2.73. The molecule has 0 saturated carbocycles. The first-order chi connectivity index (χ1) is 8.25. The monoisotopic (exact) mass is 242 g/mol. The second-order valence-electron chi connectivity index (χ2n) is 5.31. The van der Waals surface area contributed by atoms with Crippen molar-refractivity contribution in [1.82, 2.24) is 9.80 Å². The van der Waals surface area contributed by atoms with Crippen molar-refractivity contribution < 1.29 is 9.47 Å². The molecule has 2 saturated heterocycles. The minimum Gasteiger partial charge on any atom is -0.353 e. The molecule has 0 amide bonds. The predicted molar refractivity (Wildman–Crippen MR) is 68.1 cm³/mol. The van der Waals surface area contributed by atoms with Gasteiger partial charge in [-0.3, -0.25) is 4.90 Å². The third-order valence-corrected chi connectivity index (χ3v) is 3.73. The SMILES string of the molecule is CC1CN(C)CCCN1CCC1OCCCO1. The van der Waals surface area contributed by atoms with E-state index in [9.17, 15) is 0 Å². The van der Waals surface area contributed by atoms with E-state index >= 15 is 0 Å². The Hall–Kier alpha value is -0.160. The number of hydrogen-bond donors (Lipinski definition) is 0. The van der Waals surface area contributed by atoms with Gasteiger partial charge in [0, 0.05) is 25.6 Å². The Morgan fingerprint density at radius 1 is 1.12 bits per heavy atom. The van der Waals surface area contributed by atoms with E-state index in [2.05, 4.69) is 23.8 Å². The fourth-order valence-corrected chi connectivity index (χ4v) is 2.73. The Morgan fingerprint density at radius 3 is 2.65 bits per heavy atom. The van der Waals surface area contributed by atoms with Gasteiger partial charge in [0.25, 0.3) is 0 Å². The molecule has 0 radical (unpaired) electrons. The number of hydrogen-bond acceptors (Lipinski definition) is 4. The molecule has 0 spiro atoms. The molecule has 2 fully saturated rings. The first kappa shape index (κ1) is 13.3. The Morgan fingerprint density at radius 2 is 1.88 bits per heavy atom. The van der Waals surface area contributed by atoms with Gasteiger partial charge in [0.15, 0.2) is 6.29 Å². The summed E-state index contributed by atoms with van der Waals surface area (Å²) in [5.41, 5.74) is 0. The molecular formula is C13H26N2O2. The Kier molecular flexibility index (Phi) is 5.22. The molecule has 0 aromatic heterocycles. The van der Waals surface area contributed by atoms with Crippen LogP contribution in [0.25, 0.3) is 0 Å². The van der Waals surface area contributed by atoms with E-state index in [4.69, 9.17) is 9.47 Å². The van der Waals surface area contributed by atoms with Crippen LogP contribution in [0.4, 0.5) is 0 Å². The van der Waals surface area contributed by atoms with Crippen LogP contribution in [0.5, 0.6) is 0 Å². The molecule has 2 heterocycles. The van der Waals surface area contributed by atoms with E-state index in [1.807, 2.05) is 0 Å². The summed E-state index contributed by atoms with van der Waals surface area (Å²) < 4.78 is 11.2. The van der Waals surface area contributed by atoms with E-state index in [1.54, 1.807) is 0 Å². The van der Waals surface area contributed by atoms with Crippen molar-refractivity contribution in [2.24, 2.45) is 0 Å². The summed E-state index contributed by atoms with van der Waals surface area (Å²) in [6.07, 6.45) is 3.36. The lowest BCUT2D eigenvalue weighted by atomic mass is 10.2. The second kappa shape index (κ2) is 6.69. The molecule has 2 aliphatic rings. The average Bonchev–Trinajstić information content (AvgIpc) is 2.49. The van der Waals surface area contributed by atoms with Crippen LogP contribution in [0.3, 0.4) is 0 Å². The van der Waals surface area contributed by atoms with Crippen LogP contribution in [0.1, 0.15) is 26.2 Å². The van der Waals surface area contributed by atoms with Crippen LogP contribution in [0, 0.1) is 0 Å². The van der Waals surface area contributed by atoms with E-state index in [0.717, 1.165) is 32.6 Å². The third-order valence-electron chi connectivity index (χ3n) is 3.73. The topological polar surface area (TPSA) is 24.9 Å². The molecule has 4 nitrogen and oxygen atoms in total. The van der Waals surface area contributed by atoms with E-state index < -0.39 is 0 Å². The fraction of sp³-hybridized carbons (Fsp3) is 1.00. The first-order valence-corrected chi connectivity index (χ1v) is 6.91. The Labute approximate surface area is 105 Å². The molecule has 2 rings (SSSR count). The first-order valence-electron chi connectivity index (χ1n) is 6.91. The van der Waals surface area contributed by atoms with Crippen molar-refractivity contribution in [3.05, 3.63) is 0 Å². The summed E-state index contributed by atoms with van der Waals surface area (Å²) >= 11 is 0. The summed E-state index contributed by atoms with van der Waals surface area (Å²) in [4.78, 5) is 5.00. The average molecular weight is 242 g/mol. The molecule has 0 bridgehead atoms. The van der Waals surface area contributed by atoms with Gasteiger partial charge in [0.05, 0.1) is 13.2 Å². The lowest BCUT2D eigenvalue weighted by molar-refractivity contribution is -0.183. The van der Waals surface area contributed by atoms with E-state index in [0.29, 0.717) is 6.04 Å². The number of nitrogens with zero attached hydrogens (tertiary/aromatic N) is 2. The lowest BCUT2D eigenvalue weighted by Crippen LogP contribution is -2.40. The molecule has 1 unspecified atom stereocenters. The molecule has 17 heavy (non-hydrogen) atoms. The second-order valence-corrected chi connectivity index (χ2v) is 5.31. The highest BCUT2D eigenvalue weighted by Gasteiger charge is 2.21. The summed E-state index contributed by atoms with van der Waals surface area (Å²) in [5.74, 6) is 0. The highest BCUT2D eigenvalue weighted by atomic mass is 16.7. The van der Waals surface area contributed by atoms with Crippen molar-refractivity contribution in [3.63, 3.8) is 0 Å². The Bertz CT molecular complexity index is 219. The van der Waals surface area contributed by atoms with Gasteiger partial charge in [-0.15, -0.1) is 0 Å². The van der Waals surface area contributed by atoms with Gasteiger partial charge in [0.2, 0.25) is 0 Å². The van der Waals surface area contributed by atoms with E-state index in [-0.39, 0.29) is 6.29 Å². The maximum absolute atomic E-state index is 5.60. The minimum absolute atomic E-state index is 0.0388. The summed E-state index contributed by atoms with van der Waals surface area (Å²) in [7, 11) is 2.22. The van der Waals surface area contributed by atoms with Gasteiger partial charge < -0.3 is 14.4 Å². The largest absolute Gasteiger partial charge is 0.353 e. The molecule has 100 valence electrons. The predicted octanol–water partition coefficient (Wildman–Crippen LogP) is 1.17. The van der Waals surface area contributed by atoms with Gasteiger partial charge in [-0.2, -0.15) is 0 Å². The molecule has 0 aromatic rings. The number of ether oxygens (including phenoxy) is 2. The smallest absolute Gasteiger partial charge is 0.158 e. The van der Waals surface area contributed by atoms with Gasteiger partial charge in [-0.1, -0.05) is 0 Å². The Balaban J connectivity index is 1.73.